The van der Waals surface area contributed by atoms with Crippen LogP contribution in [0.15, 0.2) is 29.8 Å². The van der Waals surface area contributed by atoms with E-state index in [0.717, 1.165) is 38.5 Å². The standard InChI is InChI=1S/C30H41NO4/c1-28-16-24-22-10-8-21(31(2)3)13-18(22)15-29-17-30(34,35)26(33)14-20(29)6-9-23(27(24)29)25(28)11-7-19(28)5-4-12-32/h8,10,13-14,19,23-25,27,32,34-35H,4-7,9,11-12,15-17H2,1-3H3/t19-,23+,24?,25-,27?,28-,29+/m1/s1. The Bertz CT molecular complexity index is 1080. The van der Waals surface area contributed by atoms with Gasteiger partial charge in [0.1, 0.15) is 0 Å². The fourth-order valence-electron chi connectivity index (χ4n) is 9.86. The summed E-state index contributed by atoms with van der Waals surface area (Å²) < 4.78 is 0. The number of rotatable bonds is 4. The van der Waals surface area contributed by atoms with Crippen LogP contribution in [-0.4, -0.2) is 47.6 Å². The van der Waals surface area contributed by atoms with Gasteiger partial charge in [0, 0.05) is 38.2 Å². The van der Waals surface area contributed by atoms with Gasteiger partial charge in [-0.2, -0.15) is 0 Å². The predicted octanol–water partition coefficient (Wildman–Crippen LogP) is 4.19. The van der Waals surface area contributed by atoms with E-state index in [0.29, 0.717) is 29.6 Å². The van der Waals surface area contributed by atoms with Crippen molar-refractivity contribution in [2.24, 2.45) is 34.5 Å². The molecule has 5 nitrogen and oxygen atoms in total. The lowest BCUT2D eigenvalue weighted by molar-refractivity contribution is -0.203. The Morgan fingerprint density at radius 3 is 2.69 bits per heavy atom. The van der Waals surface area contributed by atoms with Crippen molar-refractivity contribution in [3.8, 4) is 0 Å². The minimum absolute atomic E-state index is 0.130. The molecule has 3 saturated carbocycles. The molecule has 1 aromatic rings. The molecule has 2 unspecified atom stereocenters. The van der Waals surface area contributed by atoms with Crippen LogP contribution in [0.2, 0.25) is 0 Å². The second-order valence-electron chi connectivity index (χ2n) is 12.9. The summed E-state index contributed by atoms with van der Waals surface area (Å²) >= 11 is 0. The largest absolute Gasteiger partial charge is 0.396 e. The van der Waals surface area contributed by atoms with E-state index in [4.69, 9.17) is 0 Å². The smallest absolute Gasteiger partial charge is 0.228 e. The van der Waals surface area contributed by atoms with Crippen LogP contribution in [0, 0.1) is 34.5 Å². The van der Waals surface area contributed by atoms with E-state index in [9.17, 15) is 20.1 Å². The lowest BCUT2D eigenvalue weighted by atomic mass is 9.39. The zero-order chi connectivity index (χ0) is 24.8. The molecule has 5 heteroatoms. The topological polar surface area (TPSA) is 81.0 Å². The van der Waals surface area contributed by atoms with Gasteiger partial charge >= 0.3 is 0 Å². The number of carbonyl (C=O) groups is 1. The van der Waals surface area contributed by atoms with Crippen molar-refractivity contribution in [3.05, 3.63) is 41.0 Å². The molecule has 0 heterocycles. The van der Waals surface area contributed by atoms with Gasteiger partial charge in [0.25, 0.3) is 0 Å². The van der Waals surface area contributed by atoms with E-state index in [1.807, 2.05) is 0 Å². The number of ketones is 1. The molecular weight excluding hydrogens is 438 g/mol. The SMILES string of the molecule is CN(C)c1ccc2c(c1)C[C@]13CC(O)(O)C(=O)C=C1CC[C@@H]1C3C2C[C@]2(C)[C@H](CCCO)CC[C@H]12. The van der Waals surface area contributed by atoms with Crippen LogP contribution >= 0.6 is 0 Å². The van der Waals surface area contributed by atoms with E-state index >= 15 is 0 Å². The minimum atomic E-state index is -2.27. The maximum Gasteiger partial charge on any atom is 0.228 e. The number of carbonyl (C=O) groups excluding carboxylic acids is 1. The second-order valence-corrected chi connectivity index (χ2v) is 12.9. The third kappa shape index (κ3) is 3.27. The van der Waals surface area contributed by atoms with Crippen LogP contribution in [0.4, 0.5) is 5.69 Å². The molecule has 5 aliphatic rings. The molecule has 0 radical (unpaired) electrons. The number of allylic oxidation sites excluding steroid dienone is 1. The first kappa shape index (κ1) is 23.7. The Hall–Kier alpha value is -1.69. The van der Waals surface area contributed by atoms with Crippen molar-refractivity contribution in [2.75, 3.05) is 25.6 Å². The predicted molar refractivity (Wildman–Crippen MR) is 136 cm³/mol. The molecule has 35 heavy (non-hydrogen) atoms. The number of benzene rings is 1. The van der Waals surface area contributed by atoms with Crippen LogP contribution in [0.5, 0.6) is 0 Å². The van der Waals surface area contributed by atoms with Gasteiger partial charge in [0.2, 0.25) is 11.6 Å². The van der Waals surface area contributed by atoms with Crippen molar-refractivity contribution in [2.45, 2.75) is 76.4 Å². The van der Waals surface area contributed by atoms with E-state index in [-0.39, 0.29) is 23.9 Å². The van der Waals surface area contributed by atoms with Gasteiger partial charge in [-0.05, 0) is 116 Å². The average molecular weight is 480 g/mol. The summed E-state index contributed by atoms with van der Waals surface area (Å²) in [5.41, 5.74) is 5.01. The first-order valence-electron chi connectivity index (χ1n) is 13.7. The van der Waals surface area contributed by atoms with Crippen LogP contribution in [0.1, 0.15) is 75.3 Å². The third-order valence-electron chi connectivity index (χ3n) is 11.2. The third-order valence-corrected chi connectivity index (χ3v) is 11.2. The number of aliphatic hydroxyl groups is 3. The monoisotopic (exact) mass is 479 g/mol. The van der Waals surface area contributed by atoms with Crippen LogP contribution in [0.25, 0.3) is 0 Å². The number of nitrogens with zero attached hydrogens (tertiary/aromatic N) is 1. The van der Waals surface area contributed by atoms with Gasteiger partial charge in [-0.25, -0.2) is 0 Å². The van der Waals surface area contributed by atoms with E-state index in [1.165, 1.54) is 35.2 Å². The molecule has 3 N–H and O–H groups in total. The fourth-order valence-corrected chi connectivity index (χ4v) is 9.86. The highest BCUT2D eigenvalue weighted by Gasteiger charge is 2.66. The highest BCUT2D eigenvalue weighted by molar-refractivity contribution is 5.97. The number of fused-ring (bicyclic) bond motifs is 4. The molecule has 0 aliphatic heterocycles. The second kappa shape index (κ2) is 7.90. The first-order valence-corrected chi connectivity index (χ1v) is 13.7. The summed E-state index contributed by atoms with van der Waals surface area (Å²) in [6, 6.07) is 6.89. The summed E-state index contributed by atoms with van der Waals surface area (Å²) in [7, 11) is 4.13. The number of hydrogen-bond donors (Lipinski definition) is 3. The average Bonchev–Trinajstić information content (AvgIpc) is 3.13. The number of anilines is 1. The van der Waals surface area contributed by atoms with Crippen LogP contribution in [0.3, 0.4) is 0 Å². The summed E-state index contributed by atoms with van der Waals surface area (Å²) in [6.07, 6.45) is 10.1. The van der Waals surface area contributed by atoms with E-state index in [1.54, 1.807) is 6.08 Å². The van der Waals surface area contributed by atoms with Crippen LogP contribution in [-0.2, 0) is 11.2 Å². The summed E-state index contributed by atoms with van der Waals surface area (Å²) in [5.74, 6) is -0.273. The highest BCUT2D eigenvalue weighted by atomic mass is 16.5. The van der Waals surface area contributed by atoms with E-state index in [2.05, 4.69) is 44.1 Å². The van der Waals surface area contributed by atoms with Crippen LogP contribution < -0.4 is 4.90 Å². The Morgan fingerprint density at radius 1 is 1.14 bits per heavy atom. The molecular formula is C30H41NO4. The quantitative estimate of drug-likeness (QED) is 0.564. The molecule has 1 spiro atoms. The molecule has 6 rings (SSSR count). The maximum absolute atomic E-state index is 12.7. The fraction of sp³-hybridized carbons (Fsp3) is 0.700. The highest BCUT2D eigenvalue weighted by Crippen LogP contribution is 2.73. The van der Waals surface area contributed by atoms with Crippen molar-refractivity contribution < 1.29 is 20.1 Å². The summed E-state index contributed by atoms with van der Waals surface area (Å²) in [5, 5.41) is 31.3. The van der Waals surface area contributed by atoms with Gasteiger partial charge in [-0.3, -0.25) is 4.79 Å². The van der Waals surface area contributed by atoms with Crippen molar-refractivity contribution in [3.63, 3.8) is 0 Å². The van der Waals surface area contributed by atoms with Gasteiger partial charge in [0.05, 0.1) is 0 Å². The zero-order valence-electron chi connectivity index (χ0n) is 21.5. The van der Waals surface area contributed by atoms with Gasteiger partial charge in [-0.15, -0.1) is 0 Å². The Kier molecular flexibility index (Phi) is 5.35. The molecule has 0 saturated heterocycles. The number of hydrogen-bond acceptors (Lipinski definition) is 5. The Balaban J connectivity index is 1.52. The summed E-state index contributed by atoms with van der Waals surface area (Å²) in [6.45, 7) is 2.79. The maximum atomic E-state index is 12.7. The number of aliphatic hydroxyl groups excluding tert-OH is 1. The molecule has 7 atom stereocenters. The van der Waals surface area contributed by atoms with E-state index < -0.39 is 11.6 Å². The van der Waals surface area contributed by atoms with Crippen molar-refractivity contribution in [1.82, 2.24) is 0 Å². The summed E-state index contributed by atoms with van der Waals surface area (Å²) in [4.78, 5) is 14.8. The zero-order valence-corrected chi connectivity index (χ0v) is 21.5. The molecule has 190 valence electrons. The van der Waals surface area contributed by atoms with Crippen molar-refractivity contribution >= 4 is 11.5 Å². The Labute approximate surface area is 209 Å². The molecule has 0 aromatic heterocycles. The molecule has 0 bridgehead atoms. The Morgan fingerprint density at radius 2 is 1.94 bits per heavy atom. The normalized spacial score (nSPS) is 40.8. The first-order chi connectivity index (χ1) is 16.6. The minimum Gasteiger partial charge on any atom is -0.396 e. The lowest BCUT2D eigenvalue weighted by Crippen LogP contribution is -2.61. The molecule has 0 amide bonds. The molecule has 5 aliphatic carbocycles. The molecule has 3 fully saturated rings. The lowest BCUT2D eigenvalue weighted by Gasteiger charge is -2.65. The van der Waals surface area contributed by atoms with Gasteiger partial charge < -0.3 is 20.2 Å². The van der Waals surface area contributed by atoms with Gasteiger partial charge in [0.15, 0.2) is 0 Å². The van der Waals surface area contributed by atoms with Crippen molar-refractivity contribution in [1.29, 1.82) is 0 Å². The van der Waals surface area contributed by atoms with Gasteiger partial charge in [-0.1, -0.05) is 18.6 Å². The molecule has 1 aromatic carbocycles.